The third-order valence-corrected chi connectivity index (χ3v) is 2.85. The largest absolute Gasteiger partial charge is 0.391 e. The molecule has 0 heterocycles. The molecule has 1 amide bonds. The van der Waals surface area contributed by atoms with Crippen LogP contribution < -0.4 is 11.1 Å². The highest BCUT2D eigenvalue weighted by Crippen LogP contribution is 2.12. The van der Waals surface area contributed by atoms with E-state index in [9.17, 15) is 9.90 Å². The van der Waals surface area contributed by atoms with Crippen LogP contribution >= 0.6 is 0 Å². The minimum atomic E-state index is -0.465. The smallest absolute Gasteiger partial charge is 0.236 e. The SMILES string of the molecule is CCC(CC)C(O)CNC(=O)[C@H](N)CC. The van der Waals surface area contributed by atoms with Crippen molar-refractivity contribution in [3.63, 3.8) is 0 Å². The third kappa shape index (κ3) is 5.14. The quantitative estimate of drug-likeness (QED) is 0.584. The molecule has 90 valence electrons. The lowest BCUT2D eigenvalue weighted by Crippen LogP contribution is -2.44. The summed E-state index contributed by atoms with van der Waals surface area (Å²) in [6.07, 6.45) is 2.00. The Morgan fingerprint density at radius 3 is 2.20 bits per heavy atom. The van der Waals surface area contributed by atoms with E-state index in [1.54, 1.807) is 0 Å². The maximum absolute atomic E-state index is 11.3. The molecule has 0 aromatic carbocycles. The third-order valence-electron chi connectivity index (χ3n) is 2.85. The van der Waals surface area contributed by atoms with Gasteiger partial charge in [0.1, 0.15) is 0 Å². The van der Waals surface area contributed by atoms with E-state index in [0.29, 0.717) is 13.0 Å². The van der Waals surface area contributed by atoms with E-state index in [1.165, 1.54) is 0 Å². The van der Waals surface area contributed by atoms with Crippen molar-refractivity contribution in [2.24, 2.45) is 11.7 Å². The zero-order valence-corrected chi connectivity index (χ0v) is 9.99. The van der Waals surface area contributed by atoms with Crippen molar-refractivity contribution in [3.8, 4) is 0 Å². The number of aliphatic hydroxyl groups excluding tert-OH is 1. The normalized spacial score (nSPS) is 15.1. The molecule has 0 bridgehead atoms. The van der Waals surface area contributed by atoms with Gasteiger partial charge in [0.25, 0.3) is 0 Å². The van der Waals surface area contributed by atoms with Crippen LogP contribution in [0.1, 0.15) is 40.0 Å². The molecule has 2 atom stereocenters. The predicted molar refractivity (Wildman–Crippen MR) is 61.4 cm³/mol. The van der Waals surface area contributed by atoms with Gasteiger partial charge in [-0.2, -0.15) is 0 Å². The maximum atomic E-state index is 11.3. The molecule has 0 saturated heterocycles. The molecule has 0 radical (unpaired) electrons. The molecule has 0 saturated carbocycles. The van der Waals surface area contributed by atoms with E-state index in [0.717, 1.165) is 12.8 Å². The lowest BCUT2D eigenvalue weighted by atomic mass is 9.96. The first kappa shape index (κ1) is 14.4. The number of nitrogens with two attached hydrogens (primary N) is 1. The number of carbonyl (C=O) groups excluding carboxylic acids is 1. The van der Waals surface area contributed by atoms with Gasteiger partial charge in [0.2, 0.25) is 5.91 Å². The van der Waals surface area contributed by atoms with Gasteiger partial charge in [0.15, 0.2) is 0 Å². The van der Waals surface area contributed by atoms with Crippen LogP contribution in [-0.4, -0.2) is 29.7 Å². The van der Waals surface area contributed by atoms with Gasteiger partial charge in [-0.15, -0.1) is 0 Å². The summed E-state index contributed by atoms with van der Waals surface area (Å²) in [6.45, 7) is 6.24. The fourth-order valence-electron chi connectivity index (χ4n) is 1.52. The van der Waals surface area contributed by atoms with Gasteiger partial charge in [-0.3, -0.25) is 4.79 Å². The number of amides is 1. The molecule has 0 fully saturated rings. The summed E-state index contributed by atoms with van der Waals surface area (Å²) in [5.41, 5.74) is 5.55. The first-order valence-corrected chi connectivity index (χ1v) is 5.78. The summed E-state index contributed by atoms with van der Waals surface area (Å²) in [4.78, 5) is 11.3. The van der Waals surface area contributed by atoms with E-state index in [-0.39, 0.29) is 11.8 Å². The Kier molecular flexibility index (Phi) is 7.34. The number of hydrogen-bond donors (Lipinski definition) is 3. The van der Waals surface area contributed by atoms with Crippen molar-refractivity contribution in [1.29, 1.82) is 0 Å². The van der Waals surface area contributed by atoms with Gasteiger partial charge in [0.05, 0.1) is 12.1 Å². The molecule has 4 nitrogen and oxygen atoms in total. The van der Waals surface area contributed by atoms with Crippen LogP contribution in [0.2, 0.25) is 0 Å². The van der Waals surface area contributed by atoms with Crippen molar-refractivity contribution in [3.05, 3.63) is 0 Å². The molecule has 0 aliphatic carbocycles. The molecule has 4 N–H and O–H groups in total. The predicted octanol–water partition coefficient (Wildman–Crippen LogP) is 0.637. The molecule has 0 aromatic rings. The topological polar surface area (TPSA) is 75.3 Å². The second kappa shape index (κ2) is 7.65. The van der Waals surface area contributed by atoms with Crippen molar-refractivity contribution < 1.29 is 9.90 Å². The van der Waals surface area contributed by atoms with Crippen LogP contribution in [0.3, 0.4) is 0 Å². The van der Waals surface area contributed by atoms with Gasteiger partial charge < -0.3 is 16.2 Å². The molecule has 0 aliphatic rings. The van der Waals surface area contributed by atoms with Gasteiger partial charge in [-0.05, 0) is 12.3 Å². The van der Waals surface area contributed by atoms with Gasteiger partial charge >= 0.3 is 0 Å². The second-order valence-electron chi connectivity index (χ2n) is 3.90. The second-order valence-corrected chi connectivity index (χ2v) is 3.90. The number of rotatable bonds is 7. The van der Waals surface area contributed by atoms with Crippen LogP contribution in [0.4, 0.5) is 0 Å². The Morgan fingerprint density at radius 1 is 1.27 bits per heavy atom. The highest BCUT2D eigenvalue weighted by Gasteiger charge is 2.17. The molecule has 0 spiro atoms. The zero-order valence-electron chi connectivity index (χ0n) is 9.99. The highest BCUT2D eigenvalue weighted by atomic mass is 16.3. The average Bonchev–Trinajstić information content (AvgIpc) is 2.26. The first-order chi connectivity index (χ1) is 7.06. The van der Waals surface area contributed by atoms with Crippen LogP contribution in [-0.2, 0) is 4.79 Å². The molecule has 15 heavy (non-hydrogen) atoms. The van der Waals surface area contributed by atoms with E-state index < -0.39 is 12.1 Å². The molecule has 0 rings (SSSR count). The lowest BCUT2D eigenvalue weighted by Gasteiger charge is -2.21. The fraction of sp³-hybridized carbons (Fsp3) is 0.909. The number of carbonyl (C=O) groups is 1. The standard InChI is InChI=1S/C11H24N2O2/c1-4-8(5-2)10(14)7-13-11(15)9(12)6-3/h8-10,14H,4-7,12H2,1-3H3,(H,13,15)/t9-,10?/m1/s1. The van der Waals surface area contributed by atoms with E-state index in [4.69, 9.17) is 5.73 Å². The van der Waals surface area contributed by atoms with Crippen LogP contribution in [0.25, 0.3) is 0 Å². The van der Waals surface area contributed by atoms with Gasteiger partial charge in [-0.1, -0.05) is 33.6 Å². The van der Waals surface area contributed by atoms with Crippen molar-refractivity contribution in [2.75, 3.05) is 6.54 Å². The fourth-order valence-corrected chi connectivity index (χ4v) is 1.52. The molecule has 4 heteroatoms. The zero-order chi connectivity index (χ0) is 11.8. The van der Waals surface area contributed by atoms with Crippen molar-refractivity contribution >= 4 is 5.91 Å². The summed E-state index contributed by atoms with van der Waals surface area (Å²) >= 11 is 0. The Morgan fingerprint density at radius 2 is 1.80 bits per heavy atom. The number of aliphatic hydroxyl groups is 1. The summed E-state index contributed by atoms with van der Waals surface area (Å²) in [6, 6.07) is -0.459. The Labute approximate surface area is 92.2 Å². The summed E-state index contributed by atoms with van der Waals surface area (Å²) in [5.74, 6) is 0.0747. The van der Waals surface area contributed by atoms with Crippen LogP contribution in [0, 0.1) is 5.92 Å². The Balaban J connectivity index is 3.88. The first-order valence-electron chi connectivity index (χ1n) is 5.78. The van der Waals surface area contributed by atoms with E-state index >= 15 is 0 Å². The number of nitrogens with one attached hydrogen (secondary N) is 1. The highest BCUT2D eigenvalue weighted by molar-refractivity contribution is 5.81. The minimum Gasteiger partial charge on any atom is -0.391 e. The lowest BCUT2D eigenvalue weighted by molar-refractivity contribution is -0.123. The van der Waals surface area contributed by atoms with E-state index in [1.807, 2.05) is 20.8 Å². The molecule has 0 aromatic heterocycles. The summed E-state index contributed by atoms with van der Waals surface area (Å²) < 4.78 is 0. The molecule has 0 aliphatic heterocycles. The van der Waals surface area contributed by atoms with Gasteiger partial charge in [0, 0.05) is 6.54 Å². The number of hydrogen-bond acceptors (Lipinski definition) is 3. The van der Waals surface area contributed by atoms with E-state index in [2.05, 4.69) is 5.32 Å². The maximum Gasteiger partial charge on any atom is 0.236 e. The van der Waals surface area contributed by atoms with Crippen LogP contribution in [0.5, 0.6) is 0 Å². The Bertz CT molecular complexity index is 181. The minimum absolute atomic E-state index is 0.178. The molecular formula is C11H24N2O2. The molecule has 1 unspecified atom stereocenters. The summed E-state index contributed by atoms with van der Waals surface area (Å²) in [5, 5.41) is 12.4. The van der Waals surface area contributed by atoms with Gasteiger partial charge in [-0.25, -0.2) is 0 Å². The van der Waals surface area contributed by atoms with Crippen LogP contribution in [0.15, 0.2) is 0 Å². The monoisotopic (exact) mass is 216 g/mol. The van der Waals surface area contributed by atoms with Crippen molar-refractivity contribution in [1.82, 2.24) is 5.32 Å². The van der Waals surface area contributed by atoms with Crippen molar-refractivity contribution in [2.45, 2.75) is 52.2 Å². The molecular weight excluding hydrogens is 192 g/mol. The Hall–Kier alpha value is -0.610. The average molecular weight is 216 g/mol. The summed E-state index contributed by atoms with van der Waals surface area (Å²) in [7, 11) is 0.